The molecule has 8 nitrogen and oxygen atoms in total. The molecule has 3 atom stereocenters. The summed E-state index contributed by atoms with van der Waals surface area (Å²) in [5.74, 6) is -0.863. The number of alkyl halides is 3. The summed E-state index contributed by atoms with van der Waals surface area (Å²) < 4.78 is 45.3. The number of rotatable bonds is 8. The summed E-state index contributed by atoms with van der Waals surface area (Å²) in [6.45, 7) is 3.74. The Morgan fingerprint density at radius 2 is 1.70 bits per heavy atom. The van der Waals surface area contributed by atoms with Crippen molar-refractivity contribution in [1.82, 2.24) is 19.3 Å². The number of hydrogen-bond donors (Lipinski definition) is 1. The fourth-order valence-corrected chi connectivity index (χ4v) is 6.11. The topological polar surface area (TPSA) is 91.0 Å². The first-order valence-corrected chi connectivity index (χ1v) is 15.5. The molecule has 6 rings (SSSR count). The van der Waals surface area contributed by atoms with E-state index in [1.54, 1.807) is 60.4 Å². The first-order valence-electron chi connectivity index (χ1n) is 14.7. The van der Waals surface area contributed by atoms with E-state index in [0.717, 1.165) is 5.69 Å². The zero-order chi connectivity index (χ0) is 33.5. The minimum atomic E-state index is -4.81. The molecule has 1 aliphatic rings. The van der Waals surface area contributed by atoms with Crippen molar-refractivity contribution >= 4 is 34.9 Å². The van der Waals surface area contributed by atoms with E-state index in [2.05, 4.69) is 15.2 Å². The van der Waals surface area contributed by atoms with Gasteiger partial charge in [-0.2, -0.15) is 5.10 Å². The first-order chi connectivity index (χ1) is 22.4. The van der Waals surface area contributed by atoms with E-state index in [1.807, 2.05) is 19.1 Å². The number of benzene rings is 3. The van der Waals surface area contributed by atoms with Crippen molar-refractivity contribution in [2.24, 2.45) is 11.8 Å². The summed E-state index contributed by atoms with van der Waals surface area (Å²) in [4.78, 5) is 32.8. The minimum Gasteiger partial charge on any atom is -0.406 e. The molecule has 1 N–H and O–H groups in total. The number of carbonyl (C=O) groups is 1. The molecule has 47 heavy (non-hydrogen) atoms. The molecule has 1 aliphatic carbocycles. The molecule has 3 aromatic carbocycles. The van der Waals surface area contributed by atoms with Crippen LogP contribution in [0.15, 0.2) is 90.0 Å². The second kappa shape index (κ2) is 12.9. The summed E-state index contributed by atoms with van der Waals surface area (Å²) in [6, 6.07) is 18.8. The number of anilines is 1. The molecule has 5 aromatic rings. The van der Waals surface area contributed by atoms with E-state index in [1.165, 1.54) is 28.8 Å². The van der Waals surface area contributed by atoms with Crippen molar-refractivity contribution in [2.75, 3.05) is 5.32 Å². The number of fused-ring (bicyclic) bond motifs is 1. The van der Waals surface area contributed by atoms with Crippen LogP contribution in [0.5, 0.6) is 5.75 Å². The molecule has 242 valence electrons. The Bertz CT molecular complexity index is 1980. The maximum Gasteiger partial charge on any atom is 0.573 e. The summed E-state index contributed by atoms with van der Waals surface area (Å²) >= 11 is 12.3. The molecule has 0 bridgehead atoms. The normalized spacial score (nSPS) is 16.7. The van der Waals surface area contributed by atoms with Gasteiger partial charge >= 0.3 is 6.36 Å². The highest BCUT2D eigenvalue weighted by molar-refractivity contribution is 6.42. The summed E-state index contributed by atoms with van der Waals surface area (Å²) in [5, 5.41) is 8.15. The Hall–Kier alpha value is -4.61. The molecule has 0 saturated carbocycles. The minimum absolute atomic E-state index is 0.119. The van der Waals surface area contributed by atoms with Gasteiger partial charge in [-0.15, -0.1) is 13.2 Å². The van der Waals surface area contributed by atoms with Gasteiger partial charge in [0.2, 0.25) is 5.95 Å². The average Bonchev–Trinajstić information content (AvgIpc) is 3.57. The lowest BCUT2D eigenvalue weighted by molar-refractivity contribution is -0.274. The van der Waals surface area contributed by atoms with Crippen LogP contribution in [0.1, 0.15) is 47.1 Å². The van der Waals surface area contributed by atoms with E-state index in [4.69, 9.17) is 28.2 Å². The van der Waals surface area contributed by atoms with Crippen LogP contribution in [-0.4, -0.2) is 31.5 Å². The molecule has 0 amide bonds. The lowest BCUT2D eigenvalue weighted by Gasteiger charge is -2.30. The Kier molecular flexibility index (Phi) is 8.86. The third-order valence-corrected chi connectivity index (χ3v) is 9.00. The quantitative estimate of drug-likeness (QED) is 0.167. The smallest absolute Gasteiger partial charge is 0.406 e. The molecule has 0 radical (unpaired) electrons. The molecule has 2 heterocycles. The van der Waals surface area contributed by atoms with Crippen molar-refractivity contribution in [1.29, 1.82) is 0 Å². The molecule has 0 saturated heterocycles. The number of halogens is 5. The van der Waals surface area contributed by atoms with Gasteiger partial charge in [0.05, 0.1) is 33.2 Å². The Labute approximate surface area is 277 Å². The lowest BCUT2D eigenvalue weighted by atomic mass is 9.75. The number of ketones is 1. The van der Waals surface area contributed by atoms with Crippen LogP contribution in [-0.2, 0) is 12.8 Å². The van der Waals surface area contributed by atoms with Gasteiger partial charge in [-0.25, -0.2) is 14.2 Å². The second-order valence-electron chi connectivity index (χ2n) is 11.4. The first kappa shape index (κ1) is 32.3. The average molecular weight is 683 g/mol. The fourth-order valence-electron chi connectivity index (χ4n) is 5.81. The van der Waals surface area contributed by atoms with Gasteiger partial charge in [-0.1, -0.05) is 42.3 Å². The van der Waals surface area contributed by atoms with Crippen LogP contribution in [0.3, 0.4) is 0 Å². The van der Waals surface area contributed by atoms with E-state index in [0.29, 0.717) is 39.5 Å². The zero-order valence-corrected chi connectivity index (χ0v) is 26.6. The van der Waals surface area contributed by atoms with Gasteiger partial charge in [-0.3, -0.25) is 9.59 Å². The number of ether oxygens (including phenoxy) is 1. The number of nitrogens with zero attached hydrogens (tertiary/aromatic N) is 4. The van der Waals surface area contributed by atoms with Gasteiger partial charge in [0.25, 0.3) is 5.56 Å². The van der Waals surface area contributed by atoms with E-state index in [9.17, 15) is 22.8 Å². The molecule has 0 aliphatic heterocycles. The van der Waals surface area contributed by atoms with Gasteiger partial charge in [0.1, 0.15) is 5.75 Å². The Morgan fingerprint density at radius 1 is 1.00 bits per heavy atom. The van der Waals surface area contributed by atoms with Crippen LogP contribution in [0.2, 0.25) is 10.0 Å². The van der Waals surface area contributed by atoms with E-state index < -0.39 is 18.3 Å². The fraction of sp³-hybridized carbons (Fsp3) is 0.235. The maximum atomic E-state index is 14.2. The van der Waals surface area contributed by atoms with Crippen molar-refractivity contribution in [3.05, 3.63) is 128 Å². The van der Waals surface area contributed by atoms with Crippen molar-refractivity contribution in [3.63, 3.8) is 0 Å². The van der Waals surface area contributed by atoms with Crippen LogP contribution in [0.4, 0.5) is 19.1 Å². The zero-order valence-electron chi connectivity index (χ0n) is 25.1. The maximum absolute atomic E-state index is 14.2. The van der Waals surface area contributed by atoms with Crippen molar-refractivity contribution in [3.8, 4) is 17.1 Å². The van der Waals surface area contributed by atoms with Crippen LogP contribution >= 0.6 is 23.2 Å². The summed E-state index contributed by atoms with van der Waals surface area (Å²) in [5.41, 5.74) is 3.13. The van der Waals surface area contributed by atoms with Gasteiger partial charge < -0.3 is 10.1 Å². The van der Waals surface area contributed by atoms with Crippen molar-refractivity contribution in [2.45, 2.75) is 39.1 Å². The Balaban J connectivity index is 1.38. The van der Waals surface area contributed by atoms with Crippen LogP contribution < -0.4 is 15.6 Å². The third-order valence-electron chi connectivity index (χ3n) is 8.27. The molecule has 0 spiro atoms. The lowest BCUT2D eigenvalue weighted by Crippen LogP contribution is -2.37. The predicted molar refractivity (Wildman–Crippen MR) is 173 cm³/mol. The van der Waals surface area contributed by atoms with Gasteiger partial charge in [0.15, 0.2) is 5.78 Å². The number of hydrogen-bond acceptors (Lipinski definition) is 6. The molecule has 13 heteroatoms. The molecule has 2 unspecified atom stereocenters. The molecular weight excluding hydrogens is 654 g/mol. The summed E-state index contributed by atoms with van der Waals surface area (Å²) in [7, 11) is 0. The monoisotopic (exact) mass is 681 g/mol. The second-order valence-corrected chi connectivity index (χ2v) is 12.3. The van der Waals surface area contributed by atoms with Crippen LogP contribution in [0, 0.1) is 11.8 Å². The highest BCUT2D eigenvalue weighted by Gasteiger charge is 2.35. The molecule has 0 fully saturated rings. The van der Waals surface area contributed by atoms with Crippen molar-refractivity contribution < 1.29 is 22.7 Å². The Morgan fingerprint density at radius 3 is 2.34 bits per heavy atom. The number of carbonyl (C=O) groups excluding carboxylic acids is 1. The SMILES string of the molecule is CC(Nc1nc2c(c(=O)n1-c1ccc(-n3cccn3)cc1)C[C@@H](C)C(C(=O)c1ccc(Cl)c(Cl)c1)C2)c1ccc(OC(F)(F)F)cc1. The van der Waals surface area contributed by atoms with Gasteiger partial charge in [0, 0.05) is 35.9 Å². The third kappa shape index (κ3) is 6.91. The highest BCUT2D eigenvalue weighted by atomic mass is 35.5. The van der Waals surface area contributed by atoms with E-state index in [-0.39, 0.29) is 40.4 Å². The highest BCUT2D eigenvalue weighted by Crippen LogP contribution is 2.34. The number of nitrogens with one attached hydrogen (secondary N) is 1. The standard InChI is InChI=1S/C34H28Cl2F3N5O3/c1-19-16-27-30(18-26(19)31(45)22-6-13-28(35)29(36)17-22)42-33(41-20(2)21-4-11-25(12-5-21)47-34(37,38)39)44(32(27)46)24-9-7-23(8-10-24)43-15-3-14-40-43/h3-15,17,19-20,26H,16,18H2,1-2H3,(H,41,42)/t19-,20?,26?/m1/s1. The number of Topliss-reactive ketones (excluding diaryl/α,β-unsaturated/α-hetero) is 1. The summed E-state index contributed by atoms with van der Waals surface area (Å²) in [6.07, 6.45) is -0.772. The predicted octanol–water partition coefficient (Wildman–Crippen LogP) is 8.03. The molecular formula is C34H28Cl2F3N5O3. The van der Waals surface area contributed by atoms with E-state index >= 15 is 0 Å². The largest absolute Gasteiger partial charge is 0.573 e. The molecule has 2 aromatic heterocycles. The number of aromatic nitrogens is 4. The van der Waals surface area contributed by atoms with Crippen LogP contribution in [0.25, 0.3) is 11.4 Å². The van der Waals surface area contributed by atoms with Gasteiger partial charge in [-0.05, 0) is 85.5 Å².